The summed E-state index contributed by atoms with van der Waals surface area (Å²) in [5, 5.41) is 10.2. The number of nitro benzene ring substituents is 1. The van der Waals surface area contributed by atoms with Crippen LogP contribution in [0.15, 0.2) is 24.3 Å². The molecule has 0 fully saturated rings. The van der Waals surface area contributed by atoms with Gasteiger partial charge < -0.3 is 8.74 Å². The topological polar surface area (TPSA) is 92.5 Å². The number of hydrogen-bond acceptors (Lipinski definition) is 5. The molecule has 0 bridgehead atoms. The van der Waals surface area contributed by atoms with Crippen LogP contribution in [-0.2, 0) is 11.4 Å². The van der Waals surface area contributed by atoms with Crippen molar-refractivity contribution in [2.45, 2.75) is 0 Å². The van der Waals surface area contributed by atoms with E-state index in [4.69, 9.17) is 0 Å². The molecule has 13 heavy (non-hydrogen) atoms. The molecule has 0 saturated heterocycles. The molecule has 1 unspecified atom stereocenters. The van der Waals surface area contributed by atoms with Crippen LogP contribution in [0.3, 0.4) is 0 Å². The number of benzene rings is 1. The lowest BCUT2D eigenvalue weighted by molar-refractivity contribution is -0.384. The van der Waals surface area contributed by atoms with Crippen molar-refractivity contribution < 1.29 is 17.9 Å². The second-order valence-corrected chi connectivity index (χ2v) is 2.61. The van der Waals surface area contributed by atoms with Crippen LogP contribution >= 0.6 is 0 Å². The van der Waals surface area contributed by atoms with Crippen molar-refractivity contribution in [3.05, 3.63) is 34.4 Å². The van der Waals surface area contributed by atoms with E-state index >= 15 is 0 Å². The van der Waals surface area contributed by atoms with Gasteiger partial charge in [-0.1, -0.05) is 0 Å². The predicted molar refractivity (Wildman–Crippen MR) is 42.6 cm³/mol. The third kappa shape index (κ3) is 2.80. The number of hydrogen-bond donors (Lipinski definition) is 0. The van der Waals surface area contributed by atoms with Crippen LogP contribution in [0, 0.1) is 10.1 Å². The van der Waals surface area contributed by atoms with Crippen molar-refractivity contribution in [1.82, 2.24) is 0 Å². The minimum absolute atomic E-state index is 0.0407. The lowest BCUT2D eigenvalue weighted by Gasteiger charge is -2.05. The van der Waals surface area contributed by atoms with E-state index in [2.05, 4.69) is 4.18 Å². The first-order valence-electron chi connectivity index (χ1n) is 3.11. The summed E-state index contributed by atoms with van der Waals surface area (Å²) in [4.78, 5) is 9.59. The normalized spacial score (nSPS) is 12.1. The molecule has 1 atom stereocenters. The van der Waals surface area contributed by atoms with Crippen LogP contribution in [0.5, 0.6) is 5.75 Å². The van der Waals surface area contributed by atoms with Crippen LogP contribution in [0.2, 0.25) is 0 Å². The van der Waals surface area contributed by atoms with E-state index in [9.17, 15) is 18.9 Å². The highest BCUT2D eigenvalue weighted by Crippen LogP contribution is 2.17. The van der Waals surface area contributed by atoms with Crippen LogP contribution in [-0.4, -0.2) is 13.7 Å². The third-order valence-electron chi connectivity index (χ3n) is 1.21. The molecule has 0 saturated carbocycles. The van der Waals surface area contributed by atoms with Gasteiger partial charge in [0.1, 0.15) is 17.1 Å². The van der Waals surface area contributed by atoms with E-state index in [1.165, 1.54) is 12.1 Å². The minimum Gasteiger partial charge on any atom is -0.740 e. The molecule has 1 aromatic rings. The lowest BCUT2D eigenvalue weighted by atomic mass is 10.3. The molecular formula is C6H4NO5S-. The fourth-order valence-electron chi connectivity index (χ4n) is 0.702. The fourth-order valence-corrected chi connectivity index (χ4v) is 0.970. The zero-order valence-electron chi connectivity index (χ0n) is 6.21. The summed E-state index contributed by atoms with van der Waals surface area (Å²) in [6, 6.07) is 4.71. The van der Waals surface area contributed by atoms with Crippen molar-refractivity contribution in [2.24, 2.45) is 0 Å². The molecule has 7 heteroatoms. The van der Waals surface area contributed by atoms with Crippen LogP contribution in [0.1, 0.15) is 0 Å². The number of non-ortho nitro benzene ring substituents is 1. The van der Waals surface area contributed by atoms with Gasteiger partial charge in [-0.15, -0.1) is 0 Å². The van der Waals surface area contributed by atoms with E-state index < -0.39 is 16.3 Å². The maximum Gasteiger partial charge on any atom is 0.269 e. The highest BCUT2D eigenvalue weighted by Gasteiger charge is 2.03. The first kappa shape index (κ1) is 9.62. The smallest absolute Gasteiger partial charge is 0.269 e. The summed E-state index contributed by atoms with van der Waals surface area (Å²) in [6.45, 7) is 0. The third-order valence-corrected chi connectivity index (χ3v) is 1.54. The van der Waals surface area contributed by atoms with Gasteiger partial charge in [0, 0.05) is 12.1 Å². The Bertz CT molecular complexity index is 335. The highest BCUT2D eigenvalue weighted by atomic mass is 32.2. The zero-order valence-corrected chi connectivity index (χ0v) is 7.02. The number of nitrogens with zero attached hydrogens (tertiary/aromatic N) is 1. The van der Waals surface area contributed by atoms with Gasteiger partial charge in [0.25, 0.3) is 5.69 Å². The van der Waals surface area contributed by atoms with Crippen LogP contribution in [0.25, 0.3) is 0 Å². The molecule has 0 aliphatic rings. The molecule has 0 amide bonds. The van der Waals surface area contributed by atoms with Gasteiger partial charge in [-0.25, -0.2) is 4.21 Å². The zero-order chi connectivity index (χ0) is 9.84. The second-order valence-electron chi connectivity index (χ2n) is 2.04. The Morgan fingerprint density at radius 1 is 1.31 bits per heavy atom. The van der Waals surface area contributed by atoms with Crippen LogP contribution in [0.4, 0.5) is 5.69 Å². The van der Waals surface area contributed by atoms with Gasteiger partial charge in [0.05, 0.1) is 4.92 Å². The average Bonchev–Trinajstić information content (AvgIpc) is 2.04. The Balaban J connectivity index is 2.81. The first-order valence-corrected chi connectivity index (χ1v) is 4.11. The quantitative estimate of drug-likeness (QED) is 0.410. The Kier molecular flexibility index (Phi) is 2.93. The maximum atomic E-state index is 10.2. The van der Waals surface area contributed by atoms with Gasteiger partial charge >= 0.3 is 0 Å². The summed E-state index contributed by atoms with van der Waals surface area (Å²) in [7, 11) is 0. The lowest BCUT2D eigenvalue weighted by Crippen LogP contribution is -1.97. The summed E-state index contributed by atoms with van der Waals surface area (Å²) < 4.78 is 24.3. The Labute approximate surface area is 75.8 Å². The van der Waals surface area contributed by atoms with E-state index in [1.54, 1.807) is 0 Å². The molecule has 70 valence electrons. The Morgan fingerprint density at radius 2 is 1.85 bits per heavy atom. The molecule has 0 radical (unpaired) electrons. The highest BCUT2D eigenvalue weighted by molar-refractivity contribution is 7.74. The average molecular weight is 202 g/mol. The first-order chi connectivity index (χ1) is 6.09. The van der Waals surface area contributed by atoms with E-state index in [-0.39, 0.29) is 11.4 Å². The SMILES string of the molecule is O=[N+]([O-])c1ccc(OS(=O)[O-])cc1. The largest absolute Gasteiger partial charge is 0.740 e. The van der Waals surface area contributed by atoms with E-state index in [0.717, 1.165) is 12.1 Å². The Morgan fingerprint density at radius 3 is 2.23 bits per heavy atom. The molecule has 0 aliphatic heterocycles. The molecule has 0 spiro atoms. The predicted octanol–water partition coefficient (Wildman–Crippen LogP) is 0.768. The Hall–Kier alpha value is -1.47. The van der Waals surface area contributed by atoms with Gasteiger partial charge in [-0.05, 0) is 12.1 Å². The molecule has 0 aromatic heterocycles. The summed E-state index contributed by atoms with van der Waals surface area (Å²) >= 11 is -2.65. The van der Waals surface area contributed by atoms with Gasteiger partial charge in [-0.3, -0.25) is 10.1 Å². The summed E-state index contributed by atoms with van der Waals surface area (Å²) in [5.74, 6) is 0.0407. The molecule has 6 nitrogen and oxygen atoms in total. The second kappa shape index (κ2) is 3.97. The fraction of sp³-hybridized carbons (Fsp3) is 0. The minimum atomic E-state index is -2.65. The van der Waals surface area contributed by atoms with Gasteiger partial charge in [-0.2, -0.15) is 0 Å². The van der Waals surface area contributed by atoms with Crippen molar-refractivity contribution in [3.63, 3.8) is 0 Å². The van der Waals surface area contributed by atoms with Crippen molar-refractivity contribution >= 4 is 17.0 Å². The molecule has 0 aliphatic carbocycles. The van der Waals surface area contributed by atoms with E-state index in [0.29, 0.717) is 0 Å². The van der Waals surface area contributed by atoms with E-state index in [1.807, 2.05) is 0 Å². The van der Waals surface area contributed by atoms with Crippen LogP contribution < -0.4 is 4.18 Å². The molecule has 0 heterocycles. The van der Waals surface area contributed by atoms with Crippen molar-refractivity contribution in [2.75, 3.05) is 0 Å². The number of nitro groups is 1. The summed E-state index contributed by atoms with van der Waals surface area (Å²) in [6.07, 6.45) is 0. The van der Waals surface area contributed by atoms with Gasteiger partial charge in [0.15, 0.2) is 0 Å². The van der Waals surface area contributed by atoms with Crippen molar-refractivity contribution in [3.8, 4) is 5.75 Å². The maximum absolute atomic E-state index is 10.2. The summed E-state index contributed by atoms with van der Waals surface area (Å²) in [5.41, 5.74) is -0.121. The molecule has 0 N–H and O–H groups in total. The van der Waals surface area contributed by atoms with Crippen molar-refractivity contribution in [1.29, 1.82) is 0 Å². The monoisotopic (exact) mass is 202 g/mol. The molecular weight excluding hydrogens is 198 g/mol. The number of rotatable bonds is 3. The van der Waals surface area contributed by atoms with Gasteiger partial charge in [0.2, 0.25) is 0 Å². The molecule has 1 rings (SSSR count). The standard InChI is InChI=1S/C6H5NO5S/c8-7(9)5-1-3-6(4-2-5)12-13(10)11/h1-4H,(H,10,11)/p-1. The molecule has 1 aromatic carbocycles.